The van der Waals surface area contributed by atoms with Crippen molar-refractivity contribution < 1.29 is 4.79 Å². The third kappa shape index (κ3) is 3.56. The Hall–Kier alpha value is -1.88. The van der Waals surface area contributed by atoms with Gasteiger partial charge in [-0.25, -0.2) is 4.98 Å². The van der Waals surface area contributed by atoms with E-state index < -0.39 is 0 Å². The van der Waals surface area contributed by atoms with Crippen LogP contribution in [-0.4, -0.2) is 10.9 Å². The van der Waals surface area contributed by atoms with Crippen molar-refractivity contribution in [2.75, 3.05) is 11.1 Å². The van der Waals surface area contributed by atoms with E-state index in [-0.39, 0.29) is 5.91 Å². The van der Waals surface area contributed by atoms with E-state index in [4.69, 9.17) is 5.73 Å². The summed E-state index contributed by atoms with van der Waals surface area (Å²) in [5.74, 6) is -0.0128. The van der Waals surface area contributed by atoms with Crippen LogP contribution in [0.4, 0.5) is 10.8 Å². The van der Waals surface area contributed by atoms with Gasteiger partial charge in [0, 0.05) is 23.2 Å². The first-order chi connectivity index (χ1) is 8.63. The van der Waals surface area contributed by atoms with Crippen LogP contribution in [0.25, 0.3) is 0 Å². The number of aryl methyl sites for hydroxylation is 2. The van der Waals surface area contributed by atoms with E-state index >= 15 is 0 Å². The number of nitrogen functional groups attached to an aromatic ring is 1. The van der Waals surface area contributed by atoms with Gasteiger partial charge in [-0.05, 0) is 31.0 Å². The molecule has 1 aromatic carbocycles. The second-order valence-electron chi connectivity index (χ2n) is 4.07. The highest BCUT2D eigenvalue weighted by Gasteiger charge is 2.05. The summed E-state index contributed by atoms with van der Waals surface area (Å²) in [6, 6.07) is 7.57. The number of nitrogens with two attached hydrogens (primary N) is 1. The zero-order chi connectivity index (χ0) is 13.0. The van der Waals surface area contributed by atoms with Crippen LogP contribution in [0.15, 0.2) is 30.5 Å². The fourth-order valence-corrected chi connectivity index (χ4v) is 2.22. The summed E-state index contributed by atoms with van der Waals surface area (Å²) in [5, 5.41) is 3.45. The predicted molar refractivity (Wildman–Crippen MR) is 74.7 cm³/mol. The Balaban J connectivity index is 1.83. The molecule has 5 heteroatoms. The van der Waals surface area contributed by atoms with Gasteiger partial charge < -0.3 is 11.1 Å². The number of hydrogen-bond acceptors (Lipinski definition) is 4. The summed E-state index contributed by atoms with van der Waals surface area (Å²) in [6.45, 7) is 1.96. The van der Waals surface area contributed by atoms with E-state index in [1.807, 2.05) is 31.2 Å². The van der Waals surface area contributed by atoms with Crippen molar-refractivity contribution in [3.8, 4) is 0 Å². The number of aromatic nitrogens is 1. The fraction of sp³-hybridized carbons (Fsp3) is 0.231. The van der Waals surface area contributed by atoms with E-state index in [2.05, 4.69) is 10.3 Å². The van der Waals surface area contributed by atoms with Crippen molar-refractivity contribution in [3.63, 3.8) is 0 Å². The Morgan fingerprint density at radius 2 is 2.11 bits per heavy atom. The van der Waals surface area contributed by atoms with Gasteiger partial charge >= 0.3 is 0 Å². The average molecular weight is 261 g/mol. The molecule has 1 amide bonds. The minimum absolute atomic E-state index is 0.0128. The number of amides is 1. The Bertz CT molecular complexity index is 533. The van der Waals surface area contributed by atoms with E-state index in [0.29, 0.717) is 18.0 Å². The molecule has 0 atom stereocenters. The van der Waals surface area contributed by atoms with Gasteiger partial charge in [-0.15, -0.1) is 11.3 Å². The summed E-state index contributed by atoms with van der Waals surface area (Å²) < 4.78 is 0. The van der Waals surface area contributed by atoms with E-state index in [9.17, 15) is 4.79 Å². The highest BCUT2D eigenvalue weighted by atomic mass is 32.1. The Morgan fingerprint density at radius 1 is 1.39 bits per heavy atom. The molecule has 2 rings (SSSR count). The third-order valence-electron chi connectivity index (χ3n) is 2.49. The van der Waals surface area contributed by atoms with Crippen LogP contribution in [0, 0.1) is 6.92 Å². The van der Waals surface area contributed by atoms with Gasteiger partial charge in [-0.1, -0.05) is 12.1 Å². The standard InChI is InChI=1S/C13H15N3OS/c1-9-8-15-13(18-9)16-12(17)7-4-10-2-5-11(14)6-3-10/h2-3,5-6,8H,4,7,14H2,1H3,(H,15,16,17). The second-order valence-corrected chi connectivity index (χ2v) is 5.30. The number of thiazole rings is 1. The van der Waals surface area contributed by atoms with Crippen molar-refractivity contribution in [3.05, 3.63) is 40.9 Å². The molecule has 1 aromatic heterocycles. The summed E-state index contributed by atoms with van der Waals surface area (Å²) >= 11 is 1.48. The molecule has 0 saturated carbocycles. The van der Waals surface area contributed by atoms with Crippen molar-refractivity contribution >= 4 is 28.1 Å². The summed E-state index contributed by atoms with van der Waals surface area (Å²) in [5.41, 5.74) is 7.44. The number of carbonyl (C=O) groups is 1. The lowest BCUT2D eigenvalue weighted by Gasteiger charge is -2.02. The normalized spacial score (nSPS) is 10.3. The van der Waals surface area contributed by atoms with Gasteiger partial charge in [-0.2, -0.15) is 0 Å². The Morgan fingerprint density at radius 3 is 2.72 bits per heavy atom. The molecule has 0 aliphatic rings. The molecule has 0 unspecified atom stereocenters. The average Bonchev–Trinajstić information content (AvgIpc) is 2.74. The molecule has 0 aliphatic heterocycles. The number of hydrogen-bond donors (Lipinski definition) is 2. The van der Waals surface area contributed by atoms with Gasteiger partial charge in [0.25, 0.3) is 0 Å². The SMILES string of the molecule is Cc1cnc(NC(=O)CCc2ccc(N)cc2)s1. The molecule has 0 aliphatic carbocycles. The first-order valence-electron chi connectivity index (χ1n) is 5.70. The topological polar surface area (TPSA) is 68.0 Å². The van der Waals surface area contributed by atoms with Crippen LogP contribution in [0.3, 0.4) is 0 Å². The zero-order valence-corrected chi connectivity index (χ0v) is 11.0. The molecule has 0 bridgehead atoms. The van der Waals surface area contributed by atoms with Gasteiger partial charge in [0.1, 0.15) is 0 Å². The molecule has 1 heterocycles. The summed E-state index contributed by atoms with van der Waals surface area (Å²) in [7, 11) is 0. The van der Waals surface area contributed by atoms with Crippen LogP contribution in [0.5, 0.6) is 0 Å². The Kier molecular flexibility index (Phi) is 3.94. The molecule has 2 aromatic rings. The highest BCUT2D eigenvalue weighted by molar-refractivity contribution is 7.15. The number of benzene rings is 1. The van der Waals surface area contributed by atoms with E-state index in [1.165, 1.54) is 11.3 Å². The maximum atomic E-state index is 11.7. The smallest absolute Gasteiger partial charge is 0.226 e. The lowest BCUT2D eigenvalue weighted by molar-refractivity contribution is -0.116. The maximum absolute atomic E-state index is 11.7. The maximum Gasteiger partial charge on any atom is 0.226 e. The monoisotopic (exact) mass is 261 g/mol. The number of anilines is 2. The number of nitrogens with one attached hydrogen (secondary N) is 1. The predicted octanol–water partition coefficient (Wildman–Crippen LogP) is 2.61. The van der Waals surface area contributed by atoms with Crippen molar-refractivity contribution in [2.24, 2.45) is 0 Å². The molecular formula is C13H15N3OS. The van der Waals surface area contributed by atoms with Gasteiger partial charge in [0.05, 0.1) is 0 Å². The molecule has 3 N–H and O–H groups in total. The van der Waals surface area contributed by atoms with Gasteiger partial charge in [0.15, 0.2) is 5.13 Å². The van der Waals surface area contributed by atoms with Gasteiger partial charge in [-0.3, -0.25) is 4.79 Å². The molecule has 94 valence electrons. The molecule has 0 spiro atoms. The summed E-state index contributed by atoms with van der Waals surface area (Å²) in [4.78, 5) is 16.9. The minimum Gasteiger partial charge on any atom is -0.399 e. The van der Waals surface area contributed by atoms with Crippen molar-refractivity contribution in [1.82, 2.24) is 4.98 Å². The van der Waals surface area contributed by atoms with E-state index in [0.717, 1.165) is 16.1 Å². The largest absolute Gasteiger partial charge is 0.399 e. The Labute approximate surface area is 110 Å². The number of rotatable bonds is 4. The van der Waals surface area contributed by atoms with Crippen LogP contribution in [-0.2, 0) is 11.2 Å². The molecular weight excluding hydrogens is 246 g/mol. The highest BCUT2D eigenvalue weighted by Crippen LogP contribution is 2.17. The molecule has 0 fully saturated rings. The molecule has 4 nitrogen and oxygen atoms in total. The minimum atomic E-state index is -0.0128. The lowest BCUT2D eigenvalue weighted by atomic mass is 10.1. The fourth-order valence-electron chi connectivity index (χ4n) is 1.54. The third-order valence-corrected chi connectivity index (χ3v) is 3.32. The molecule has 0 saturated heterocycles. The first kappa shape index (κ1) is 12.6. The number of carbonyl (C=O) groups excluding carboxylic acids is 1. The van der Waals surface area contributed by atoms with Gasteiger partial charge in [0.2, 0.25) is 5.91 Å². The van der Waals surface area contributed by atoms with Crippen molar-refractivity contribution in [2.45, 2.75) is 19.8 Å². The van der Waals surface area contributed by atoms with Crippen LogP contribution >= 0.6 is 11.3 Å². The van der Waals surface area contributed by atoms with Crippen LogP contribution < -0.4 is 11.1 Å². The van der Waals surface area contributed by atoms with E-state index in [1.54, 1.807) is 6.20 Å². The summed E-state index contributed by atoms with van der Waals surface area (Å²) in [6.07, 6.45) is 2.90. The second kappa shape index (κ2) is 5.64. The quantitative estimate of drug-likeness (QED) is 0.831. The van der Waals surface area contributed by atoms with Crippen molar-refractivity contribution in [1.29, 1.82) is 0 Å². The van der Waals surface area contributed by atoms with Crippen LogP contribution in [0.1, 0.15) is 16.9 Å². The molecule has 0 radical (unpaired) electrons. The molecule has 18 heavy (non-hydrogen) atoms. The first-order valence-corrected chi connectivity index (χ1v) is 6.52. The zero-order valence-electron chi connectivity index (χ0n) is 10.1. The lowest BCUT2D eigenvalue weighted by Crippen LogP contribution is -2.11. The number of nitrogens with zero attached hydrogens (tertiary/aromatic N) is 1. The van der Waals surface area contributed by atoms with Crippen LogP contribution in [0.2, 0.25) is 0 Å².